The molecule has 1 aromatic carbocycles. The van der Waals surface area contributed by atoms with Crippen LogP contribution < -0.4 is 10.2 Å². The topological polar surface area (TPSA) is 65.5 Å². The van der Waals surface area contributed by atoms with Crippen molar-refractivity contribution in [3.05, 3.63) is 48.2 Å². The Labute approximate surface area is 174 Å². The van der Waals surface area contributed by atoms with E-state index in [4.69, 9.17) is 0 Å². The number of nitrogens with one attached hydrogen (secondary N) is 1. The number of anilines is 2. The first-order valence-corrected chi connectivity index (χ1v) is 12.1. The fraction of sp³-hybridized carbons (Fsp3) is 0.500. The van der Waals surface area contributed by atoms with Crippen LogP contribution in [0.25, 0.3) is 0 Å². The third kappa shape index (κ3) is 4.73. The summed E-state index contributed by atoms with van der Waals surface area (Å²) in [5.74, 6) is 0.691. The first-order chi connectivity index (χ1) is 14.1. The van der Waals surface area contributed by atoms with Crippen molar-refractivity contribution in [3.63, 3.8) is 0 Å². The van der Waals surface area contributed by atoms with Gasteiger partial charge in [-0.2, -0.15) is 4.31 Å². The number of piperidine rings is 2. The minimum absolute atomic E-state index is 0.277. The zero-order chi connectivity index (χ0) is 20.1. The Morgan fingerprint density at radius 1 is 0.862 bits per heavy atom. The Hall–Kier alpha value is -2.12. The first kappa shape index (κ1) is 20.2. The Bertz CT molecular complexity index is 903. The molecule has 4 rings (SSSR count). The van der Waals surface area contributed by atoms with Gasteiger partial charge >= 0.3 is 0 Å². The van der Waals surface area contributed by atoms with Crippen LogP contribution in [0.15, 0.2) is 47.5 Å². The van der Waals surface area contributed by atoms with Gasteiger partial charge in [-0.25, -0.2) is 13.4 Å². The van der Waals surface area contributed by atoms with E-state index < -0.39 is 10.0 Å². The smallest absolute Gasteiger partial charge is 0.244 e. The summed E-state index contributed by atoms with van der Waals surface area (Å²) in [7, 11) is -3.43. The van der Waals surface area contributed by atoms with Crippen LogP contribution in [-0.4, -0.2) is 43.9 Å². The lowest BCUT2D eigenvalue weighted by Crippen LogP contribution is -2.35. The van der Waals surface area contributed by atoms with Crippen molar-refractivity contribution in [1.29, 1.82) is 0 Å². The van der Waals surface area contributed by atoms with Crippen molar-refractivity contribution in [1.82, 2.24) is 9.29 Å². The van der Waals surface area contributed by atoms with E-state index in [1.165, 1.54) is 36.7 Å². The third-order valence-corrected chi connectivity index (χ3v) is 7.72. The fourth-order valence-electron chi connectivity index (χ4n) is 4.18. The standard InChI is InChI=1S/C22H30N4O2S/c27-29(28,26-15-7-2-8-16-26)20-11-12-22(24-18-20)23-17-19-9-3-4-10-21(19)25-13-5-1-6-14-25/h3-4,9-12,18H,1-2,5-8,13-17H2,(H,23,24). The lowest BCUT2D eigenvalue weighted by molar-refractivity contribution is 0.346. The number of rotatable bonds is 6. The van der Waals surface area contributed by atoms with Crippen molar-refractivity contribution in [3.8, 4) is 0 Å². The quantitative estimate of drug-likeness (QED) is 0.778. The molecular formula is C22H30N4O2S. The van der Waals surface area contributed by atoms with Gasteiger partial charge in [-0.3, -0.25) is 0 Å². The van der Waals surface area contributed by atoms with Gasteiger partial charge in [0.1, 0.15) is 10.7 Å². The van der Waals surface area contributed by atoms with Crippen LogP contribution in [0.1, 0.15) is 44.1 Å². The van der Waals surface area contributed by atoms with E-state index in [0.717, 1.165) is 32.4 Å². The Morgan fingerprint density at radius 3 is 2.24 bits per heavy atom. The molecule has 2 aliphatic rings. The summed E-state index contributed by atoms with van der Waals surface area (Å²) in [5.41, 5.74) is 2.52. The predicted molar refractivity (Wildman–Crippen MR) is 117 cm³/mol. The van der Waals surface area contributed by atoms with Crippen molar-refractivity contribution in [2.45, 2.75) is 50.0 Å². The van der Waals surface area contributed by atoms with Crippen molar-refractivity contribution in [2.24, 2.45) is 0 Å². The Balaban J connectivity index is 1.42. The number of para-hydroxylation sites is 1. The largest absolute Gasteiger partial charge is 0.371 e. The maximum absolute atomic E-state index is 12.8. The van der Waals surface area contributed by atoms with E-state index in [0.29, 0.717) is 25.5 Å². The highest BCUT2D eigenvalue weighted by atomic mass is 32.2. The van der Waals surface area contributed by atoms with Crippen LogP contribution in [0.5, 0.6) is 0 Å². The summed E-state index contributed by atoms with van der Waals surface area (Å²) in [4.78, 5) is 7.10. The van der Waals surface area contributed by atoms with Gasteiger partial charge < -0.3 is 10.2 Å². The van der Waals surface area contributed by atoms with Crippen LogP contribution in [0.3, 0.4) is 0 Å². The minimum atomic E-state index is -3.43. The molecule has 0 amide bonds. The van der Waals surface area contributed by atoms with E-state index in [-0.39, 0.29) is 4.90 Å². The first-order valence-electron chi connectivity index (χ1n) is 10.7. The highest BCUT2D eigenvalue weighted by Gasteiger charge is 2.26. The average Bonchev–Trinajstić information content (AvgIpc) is 2.79. The molecule has 0 aliphatic carbocycles. The molecule has 3 heterocycles. The van der Waals surface area contributed by atoms with Gasteiger partial charge in [0.15, 0.2) is 0 Å². The minimum Gasteiger partial charge on any atom is -0.371 e. The van der Waals surface area contributed by atoms with E-state index in [1.807, 2.05) is 0 Å². The molecule has 0 radical (unpaired) electrons. The normalized spacial score (nSPS) is 18.6. The van der Waals surface area contributed by atoms with Gasteiger partial charge in [0, 0.05) is 44.6 Å². The fourth-order valence-corrected chi connectivity index (χ4v) is 5.64. The molecule has 2 aromatic rings. The molecular weight excluding hydrogens is 384 g/mol. The van der Waals surface area contributed by atoms with Gasteiger partial charge in [-0.1, -0.05) is 24.6 Å². The van der Waals surface area contributed by atoms with Crippen LogP contribution in [-0.2, 0) is 16.6 Å². The summed E-state index contributed by atoms with van der Waals surface area (Å²) >= 11 is 0. The maximum Gasteiger partial charge on any atom is 0.244 e. The molecule has 156 valence electrons. The van der Waals surface area contributed by atoms with Crippen molar-refractivity contribution < 1.29 is 8.42 Å². The van der Waals surface area contributed by atoms with Gasteiger partial charge in [0.2, 0.25) is 10.0 Å². The van der Waals surface area contributed by atoms with Crippen LogP contribution in [0.2, 0.25) is 0 Å². The molecule has 2 aliphatic heterocycles. The zero-order valence-corrected chi connectivity index (χ0v) is 17.7. The van der Waals surface area contributed by atoms with Crippen LogP contribution >= 0.6 is 0 Å². The second-order valence-electron chi connectivity index (χ2n) is 7.87. The monoisotopic (exact) mass is 414 g/mol. The van der Waals surface area contributed by atoms with E-state index in [1.54, 1.807) is 16.4 Å². The molecule has 0 spiro atoms. The third-order valence-electron chi connectivity index (χ3n) is 5.84. The predicted octanol–water partition coefficient (Wildman–Crippen LogP) is 3.86. The second kappa shape index (κ2) is 9.13. The summed E-state index contributed by atoms with van der Waals surface area (Å²) in [5, 5.41) is 3.35. The highest BCUT2D eigenvalue weighted by Crippen LogP contribution is 2.25. The van der Waals surface area contributed by atoms with Gasteiger partial charge in [-0.15, -0.1) is 0 Å². The SMILES string of the molecule is O=S(=O)(c1ccc(NCc2ccccc2N2CCCCC2)nc1)N1CCCCC1. The summed E-state index contributed by atoms with van der Waals surface area (Å²) in [6.07, 6.45) is 8.25. The van der Waals surface area contributed by atoms with Crippen molar-refractivity contribution in [2.75, 3.05) is 36.4 Å². The Morgan fingerprint density at radius 2 is 1.55 bits per heavy atom. The van der Waals surface area contributed by atoms with Gasteiger partial charge in [-0.05, 0) is 55.9 Å². The summed E-state index contributed by atoms with van der Waals surface area (Å²) in [6.45, 7) is 4.10. The molecule has 0 bridgehead atoms. The second-order valence-corrected chi connectivity index (χ2v) is 9.81. The summed E-state index contributed by atoms with van der Waals surface area (Å²) < 4.78 is 27.1. The van der Waals surface area contributed by atoms with E-state index in [2.05, 4.69) is 39.5 Å². The molecule has 7 heteroatoms. The number of aromatic nitrogens is 1. The Kier molecular flexibility index (Phi) is 6.35. The zero-order valence-electron chi connectivity index (χ0n) is 16.9. The van der Waals surface area contributed by atoms with Gasteiger partial charge in [0.25, 0.3) is 0 Å². The number of benzene rings is 1. The number of nitrogens with zero attached hydrogens (tertiary/aromatic N) is 3. The van der Waals surface area contributed by atoms with Gasteiger partial charge in [0.05, 0.1) is 0 Å². The highest BCUT2D eigenvalue weighted by molar-refractivity contribution is 7.89. The summed E-state index contributed by atoms with van der Waals surface area (Å²) in [6, 6.07) is 11.9. The number of hydrogen-bond donors (Lipinski definition) is 1. The number of sulfonamides is 1. The molecule has 2 saturated heterocycles. The lowest BCUT2D eigenvalue weighted by atomic mass is 10.1. The molecule has 0 unspecified atom stereocenters. The van der Waals surface area contributed by atoms with Crippen molar-refractivity contribution >= 4 is 21.5 Å². The van der Waals surface area contributed by atoms with E-state index in [9.17, 15) is 8.42 Å². The molecule has 1 aromatic heterocycles. The molecule has 1 N–H and O–H groups in total. The molecule has 2 fully saturated rings. The van der Waals surface area contributed by atoms with Crippen LogP contribution in [0.4, 0.5) is 11.5 Å². The molecule has 6 nitrogen and oxygen atoms in total. The lowest BCUT2D eigenvalue weighted by Gasteiger charge is -2.30. The maximum atomic E-state index is 12.8. The van der Waals surface area contributed by atoms with Crippen LogP contribution in [0, 0.1) is 0 Å². The number of hydrogen-bond acceptors (Lipinski definition) is 5. The van der Waals surface area contributed by atoms with E-state index >= 15 is 0 Å². The average molecular weight is 415 g/mol. The number of pyridine rings is 1. The molecule has 0 atom stereocenters. The molecule has 29 heavy (non-hydrogen) atoms. The molecule has 0 saturated carbocycles.